The Balaban J connectivity index is 1.46. The predicted molar refractivity (Wildman–Crippen MR) is 108 cm³/mol. The van der Waals surface area contributed by atoms with E-state index in [0.717, 1.165) is 24.2 Å². The molecule has 0 aliphatic heterocycles. The first-order valence-electron chi connectivity index (χ1n) is 9.27. The van der Waals surface area contributed by atoms with Gasteiger partial charge in [-0.1, -0.05) is 18.2 Å². The number of pyridine rings is 1. The zero-order valence-electron chi connectivity index (χ0n) is 16.1. The van der Waals surface area contributed by atoms with Crippen LogP contribution >= 0.6 is 0 Å². The summed E-state index contributed by atoms with van der Waals surface area (Å²) in [5.74, 6) is 1.56. The number of nitrogens with zero attached hydrogens (tertiary/aromatic N) is 3. The van der Waals surface area contributed by atoms with Gasteiger partial charge in [0.15, 0.2) is 5.82 Å². The first kappa shape index (κ1) is 19.4. The molecular formula is C21H25N5O2. The number of carbonyl (C=O) groups excluding carboxylic acids is 1. The second-order valence-electron chi connectivity index (χ2n) is 6.55. The molecule has 3 rings (SSSR count). The molecule has 0 unspecified atom stereocenters. The van der Waals surface area contributed by atoms with Crippen molar-refractivity contribution >= 4 is 6.03 Å². The lowest BCUT2D eigenvalue weighted by Crippen LogP contribution is -2.40. The fourth-order valence-corrected chi connectivity index (χ4v) is 2.87. The van der Waals surface area contributed by atoms with Crippen molar-refractivity contribution in [3.63, 3.8) is 0 Å². The van der Waals surface area contributed by atoms with Crippen molar-refractivity contribution < 1.29 is 9.53 Å². The summed E-state index contributed by atoms with van der Waals surface area (Å²) in [7, 11) is 1.66. The molecule has 28 heavy (non-hydrogen) atoms. The molecule has 2 heterocycles. The minimum Gasteiger partial charge on any atom is -0.497 e. The third-order valence-corrected chi connectivity index (χ3v) is 4.43. The predicted octanol–water partition coefficient (Wildman–Crippen LogP) is 3.10. The number of aryl methyl sites for hydroxylation is 1. The summed E-state index contributed by atoms with van der Waals surface area (Å²) in [6.45, 7) is 2.38. The summed E-state index contributed by atoms with van der Waals surface area (Å²) in [6, 6.07) is 13.5. The monoisotopic (exact) mass is 379 g/mol. The quantitative estimate of drug-likeness (QED) is 0.630. The van der Waals surface area contributed by atoms with E-state index in [1.807, 2.05) is 55.6 Å². The lowest BCUT2D eigenvalue weighted by molar-refractivity contribution is 0.237. The second-order valence-corrected chi connectivity index (χ2v) is 6.55. The summed E-state index contributed by atoms with van der Waals surface area (Å²) in [5.41, 5.74) is 2.11. The number of carbonyl (C=O) groups is 1. The molecule has 7 heteroatoms. The van der Waals surface area contributed by atoms with Gasteiger partial charge in [0.05, 0.1) is 7.11 Å². The first-order chi connectivity index (χ1) is 13.7. The molecule has 0 bridgehead atoms. The molecule has 0 spiro atoms. The van der Waals surface area contributed by atoms with Gasteiger partial charge in [0.1, 0.15) is 5.75 Å². The molecule has 0 radical (unpaired) electrons. The molecule has 1 atom stereocenters. The number of ether oxygens (including phenoxy) is 1. The van der Waals surface area contributed by atoms with Gasteiger partial charge in [-0.2, -0.15) is 5.10 Å². The fourth-order valence-electron chi connectivity index (χ4n) is 2.87. The second kappa shape index (κ2) is 9.55. The van der Waals surface area contributed by atoms with Crippen molar-refractivity contribution in [3.05, 3.63) is 72.2 Å². The van der Waals surface area contributed by atoms with Crippen LogP contribution in [0.25, 0.3) is 5.82 Å². The van der Waals surface area contributed by atoms with Crippen molar-refractivity contribution in [1.82, 2.24) is 25.4 Å². The van der Waals surface area contributed by atoms with Gasteiger partial charge in [0, 0.05) is 36.7 Å². The average molecular weight is 379 g/mol. The Kier molecular flexibility index (Phi) is 6.62. The van der Waals surface area contributed by atoms with Crippen LogP contribution in [-0.4, -0.2) is 33.9 Å². The number of methoxy groups -OCH3 is 1. The number of benzene rings is 1. The van der Waals surface area contributed by atoms with Crippen LogP contribution in [-0.2, 0) is 13.0 Å². The SMILES string of the molecule is COc1ccc(CC[C@H](C)NC(=O)NCc2cccnc2-n2cccn2)cc1. The summed E-state index contributed by atoms with van der Waals surface area (Å²) in [4.78, 5) is 16.6. The van der Waals surface area contributed by atoms with Gasteiger partial charge >= 0.3 is 6.03 Å². The van der Waals surface area contributed by atoms with E-state index in [2.05, 4.69) is 20.7 Å². The molecular weight excluding hydrogens is 354 g/mol. The van der Waals surface area contributed by atoms with Crippen molar-refractivity contribution in [2.45, 2.75) is 32.4 Å². The van der Waals surface area contributed by atoms with Gasteiger partial charge in [0.2, 0.25) is 0 Å². The van der Waals surface area contributed by atoms with Crippen LogP contribution in [0.4, 0.5) is 4.79 Å². The molecule has 1 aromatic carbocycles. The van der Waals surface area contributed by atoms with E-state index in [9.17, 15) is 4.79 Å². The van der Waals surface area contributed by atoms with E-state index in [1.165, 1.54) is 5.56 Å². The minimum atomic E-state index is -0.197. The Morgan fingerprint density at radius 3 is 2.71 bits per heavy atom. The van der Waals surface area contributed by atoms with Gasteiger partial charge < -0.3 is 15.4 Å². The highest BCUT2D eigenvalue weighted by molar-refractivity contribution is 5.74. The van der Waals surface area contributed by atoms with E-state index in [-0.39, 0.29) is 12.1 Å². The molecule has 0 saturated heterocycles. The summed E-state index contributed by atoms with van der Waals surface area (Å²) >= 11 is 0. The zero-order chi connectivity index (χ0) is 19.8. The van der Waals surface area contributed by atoms with E-state index in [0.29, 0.717) is 12.4 Å². The first-order valence-corrected chi connectivity index (χ1v) is 9.27. The topological polar surface area (TPSA) is 81.1 Å². The number of aromatic nitrogens is 3. The van der Waals surface area contributed by atoms with Crippen molar-refractivity contribution in [2.75, 3.05) is 7.11 Å². The molecule has 0 aliphatic rings. The zero-order valence-corrected chi connectivity index (χ0v) is 16.1. The fraction of sp³-hybridized carbons (Fsp3) is 0.286. The molecule has 0 aliphatic carbocycles. The van der Waals surface area contributed by atoms with Gasteiger partial charge in [0.25, 0.3) is 0 Å². The molecule has 3 aromatic rings. The number of amides is 2. The van der Waals surface area contributed by atoms with Crippen molar-refractivity contribution in [1.29, 1.82) is 0 Å². The van der Waals surface area contributed by atoms with Crippen LogP contribution in [0.15, 0.2) is 61.1 Å². The maximum atomic E-state index is 12.2. The summed E-state index contributed by atoms with van der Waals surface area (Å²) < 4.78 is 6.85. The highest BCUT2D eigenvalue weighted by Gasteiger charge is 2.10. The Morgan fingerprint density at radius 2 is 2.00 bits per heavy atom. The van der Waals surface area contributed by atoms with Crippen molar-refractivity contribution in [2.24, 2.45) is 0 Å². The lowest BCUT2D eigenvalue weighted by atomic mass is 10.1. The number of hydrogen-bond acceptors (Lipinski definition) is 4. The Labute approximate surface area is 164 Å². The highest BCUT2D eigenvalue weighted by Crippen LogP contribution is 2.13. The van der Waals surface area contributed by atoms with Gasteiger partial charge in [-0.25, -0.2) is 14.5 Å². The molecule has 7 nitrogen and oxygen atoms in total. The molecule has 0 saturated carbocycles. The third-order valence-electron chi connectivity index (χ3n) is 4.43. The maximum absolute atomic E-state index is 12.2. The van der Waals surface area contributed by atoms with Crippen LogP contribution in [0, 0.1) is 0 Å². The van der Waals surface area contributed by atoms with E-state index in [1.54, 1.807) is 24.2 Å². The third kappa shape index (κ3) is 5.33. The largest absolute Gasteiger partial charge is 0.497 e. The van der Waals surface area contributed by atoms with Gasteiger partial charge in [-0.05, 0) is 49.6 Å². The molecule has 0 fully saturated rings. The van der Waals surface area contributed by atoms with Crippen LogP contribution in [0.5, 0.6) is 5.75 Å². The average Bonchev–Trinajstić information content (AvgIpc) is 3.26. The van der Waals surface area contributed by atoms with Gasteiger partial charge in [-0.3, -0.25) is 0 Å². The molecule has 2 N–H and O–H groups in total. The van der Waals surface area contributed by atoms with E-state index >= 15 is 0 Å². The molecule has 2 aromatic heterocycles. The van der Waals surface area contributed by atoms with Crippen LogP contribution in [0.1, 0.15) is 24.5 Å². The Hall–Kier alpha value is -3.35. The van der Waals surface area contributed by atoms with Crippen LogP contribution in [0.2, 0.25) is 0 Å². The smallest absolute Gasteiger partial charge is 0.315 e. The Bertz CT molecular complexity index is 878. The number of hydrogen-bond donors (Lipinski definition) is 2. The number of nitrogens with one attached hydrogen (secondary N) is 2. The molecule has 2 amide bonds. The maximum Gasteiger partial charge on any atom is 0.315 e. The summed E-state index contributed by atoms with van der Waals surface area (Å²) in [6.07, 6.45) is 6.97. The normalized spacial score (nSPS) is 11.6. The lowest BCUT2D eigenvalue weighted by Gasteiger charge is -2.15. The Morgan fingerprint density at radius 1 is 1.18 bits per heavy atom. The van der Waals surface area contributed by atoms with E-state index in [4.69, 9.17) is 4.74 Å². The molecule has 146 valence electrons. The summed E-state index contributed by atoms with van der Waals surface area (Å²) in [5, 5.41) is 10.1. The van der Waals surface area contributed by atoms with E-state index < -0.39 is 0 Å². The van der Waals surface area contributed by atoms with Crippen LogP contribution < -0.4 is 15.4 Å². The highest BCUT2D eigenvalue weighted by atomic mass is 16.5. The minimum absolute atomic E-state index is 0.0570. The van der Waals surface area contributed by atoms with Crippen molar-refractivity contribution in [3.8, 4) is 11.6 Å². The standard InChI is InChI=1S/C21H25N5O2/c1-16(6-7-17-8-10-19(28-2)11-9-17)25-21(27)23-15-18-5-3-12-22-20(18)26-14-4-13-24-26/h3-5,8-14,16H,6-7,15H2,1-2H3,(H2,23,25,27)/t16-/m0/s1. The number of urea groups is 1. The number of rotatable bonds is 8. The van der Waals surface area contributed by atoms with Gasteiger partial charge in [-0.15, -0.1) is 0 Å². The van der Waals surface area contributed by atoms with Crippen LogP contribution in [0.3, 0.4) is 0 Å².